The third-order valence-corrected chi connectivity index (χ3v) is 3.32. The average Bonchev–Trinajstić information content (AvgIpc) is 2.91. The summed E-state index contributed by atoms with van der Waals surface area (Å²) in [6.07, 6.45) is 3.32. The van der Waals surface area contributed by atoms with Gasteiger partial charge in [0.1, 0.15) is 6.20 Å². The van der Waals surface area contributed by atoms with Crippen LogP contribution < -0.4 is 10.2 Å². The number of amides is 2. The van der Waals surface area contributed by atoms with E-state index in [0.29, 0.717) is 12.2 Å². The van der Waals surface area contributed by atoms with E-state index in [0.717, 1.165) is 23.9 Å². The Hall–Kier alpha value is -2.96. The third kappa shape index (κ3) is 2.53. The number of nitro groups is 1. The summed E-state index contributed by atoms with van der Waals surface area (Å²) in [6.45, 7) is 0.591. The molecule has 0 fully saturated rings. The molecule has 0 spiro atoms. The lowest BCUT2D eigenvalue weighted by molar-refractivity contribution is -0.385. The van der Waals surface area contributed by atoms with Gasteiger partial charge in [-0.15, -0.1) is 0 Å². The van der Waals surface area contributed by atoms with Gasteiger partial charge in [0.2, 0.25) is 0 Å². The van der Waals surface area contributed by atoms with Gasteiger partial charge in [-0.25, -0.2) is 4.79 Å². The molecule has 0 aliphatic carbocycles. The molecule has 2 heterocycles. The predicted molar refractivity (Wildman–Crippen MR) is 77.4 cm³/mol. The van der Waals surface area contributed by atoms with E-state index in [1.54, 1.807) is 4.90 Å². The fourth-order valence-corrected chi connectivity index (χ4v) is 2.34. The van der Waals surface area contributed by atoms with Crippen molar-refractivity contribution >= 4 is 23.1 Å². The molecule has 106 valence electrons. The van der Waals surface area contributed by atoms with Gasteiger partial charge in [0.05, 0.1) is 16.8 Å². The van der Waals surface area contributed by atoms with Gasteiger partial charge >= 0.3 is 6.03 Å². The van der Waals surface area contributed by atoms with Crippen LogP contribution in [0.15, 0.2) is 42.7 Å². The second-order valence-corrected chi connectivity index (χ2v) is 4.65. The Balaban J connectivity index is 1.79. The van der Waals surface area contributed by atoms with E-state index in [4.69, 9.17) is 0 Å². The summed E-state index contributed by atoms with van der Waals surface area (Å²) in [5, 5.41) is 13.3. The van der Waals surface area contributed by atoms with Crippen molar-refractivity contribution < 1.29 is 9.72 Å². The monoisotopic (exact) mass is 284 g/mol. The van der Waals surface area contributed by atoms with E-state index in [9.17, 15) is 14.9 Å². The first-order valence-electron chi connectivity index (χ1n) is 6.41. The molecule has 2 amide bonds. The molecule has 0 saturated carbocycles. The van der Waals surface area contributed by atoms with Gasteiger partial charge < -0.3 is 5.32 Å². The summed E-state index contributed by atoms with van der Waals surface area (Å²) >= 11 is 0. The fourth-order valence-electron chi connectivity index (χ4n) is 2.34. The maximum atomic E-state index is 12.3. The van der Waals surface area contributed by atoms with Crippen LogP contribution in [0.2, 0.25) is 0 Å². The zero-order valence-electron chi connectivity index (χ0n) is 11.0. The highest BCUT2D eigenvalue weighted by Crippen LogP contribution is 2.28. The maximum Gasteiger partial charge on any atom is 0.326 e. The minimum atomic E-state index is -0.548. The molecular weight excluding hydrogens is 272 g/mol. The quantitative estimate of drug-likeness (QED) is 0.678. The Morgan fingerprint density at radius 3 is 2.95 bits per heavy atom. The number of carbonyl (C=O) groups excluding carboxylic acids is 1. The molecule has 3 rings (SSSR count). The molecule has 1 aromatic heterocycles. The number of rotatable bonds is 2. The molecule has 1 N–H and O–H groups in total. The number of aromatic nitrogens is 1. The number of nitrogens with one attached hydrogen (secondary N) is 1. The molecule has 7 nitrogen and oxygen atoms in total. The van der Waals surface area contributed by atoms with Gasteiger partial charge in [-0.1, -0.05) is 18.2 Å². The predicted octanol–water partition coefficient (Wildman–Crippen LogP) is 2.58. The molecule has 0 radical (unpaired) electrons. The number of fused-ring (bicyclic) bond motifs is 1. The molecule has 1 aliphatic heterocycles. The minimum Gasteiger partial charge on any atom is -0.306 e. The largest absolute Gasteiger partial charge is 0.326 e. The van der Waals surface area contributed by atoms with Gasteiger partial charge in [-0.05, 0) is 18.1 Å². The molecule has 0 bridgehead atoms. The van der Waals surface area contributed by atoms with Crippen LogP contribution in [0.25, 0.3) is 0 Å². The van der Waals surface area contributed by atoms with Crippen LogP contribution in [-0.4, -0.2) is 22.5 Å². The summed E-state index contributed by atoms with van der Waals surface area (Å²) < 4.78 is 0. The van der Waals surface area contributed by atoms with Crippen LogP contribution in [-0.2, 0) is 6.42 Å². The van der Waals surface area contributed by atoms with E-state index in [1.165, 1.54) is 12.3 Å². The van der Waals surface area contributed by atoms with Crippen molar-refractivity contribution in [2.45, 2.75) is 6.42 Å². The van der Waals surface area contributed by atoms with Crippen LogP contribution in [0.3, 0.4) is 0 Å². The Labute approximate surface area is 120 Å². The zero-order chi connectivity index (χ0) is 14.8. The zero-order valence-corrected chi connectivity index (χ0v) is 11.0. The fraction of sp³-hybridized carbons (Fsp3) is 0.143. The molecule has 2 aromatic rings. The first kappa shape index (κ1) is 13.0. The van der Waals surface area contributed by atoms with E-state index >= 15 is 0 Å². The highest BCUT2D eigenvalue weighted by molar-refractivity contribution is 6.03. The minimum absolute atomic E-state index is 0.158. The first-order chi connectivity index (χ1) is 10.1. The SMILES string of the molecule is O=C(Nc1cncc([N+](=O)[O-])c1)N1CCc2ccccc21. The van der Waals surface area contributed by atoms with Gasteiger partial charge in [0, 0.05) is 18.3 Å². The number of hydrogen-bond donors (Lipinski definition) is 1. The summed E-state index contributed by atoms with van der Waals surface area (Å²) in [5.74, 6) is 0. The van der Waals surface area contributed by atoms with Crippen LogP contribution >= 0.6 is 0 Å². The second-order valence-electron chi connectivity index (χ2n) is 4.65. The van der Waals surface area contributed by atoms with Crippen molar-refractivity contribution in [2.75, 3.05) is 16.8 Å². The van der Waals surface area contributed by atoms with E-state index in [1.807, 2.05) is 24.3 Å². The highest BCUT2D eigenvalue weighted by Gasteiger charge is 2.24. The van der Waals surface area contributed by atoms with Crippen LogP contribution in [0.1, 0.15) is 5.56 Å². The normalized spacial score (nSPS) is 12.9. The number of pyridine rings is 1. The average molecular weight is 284 g/mol. The number of anilines is 2. The van der Waals surface area contributed by atoms with Crippen LogP contribution in [0.5, 0.6) is 0 Å². The molecule has 0 saturated heterocycles. The van der Waals surface area contributed by atoms with E-state index in [-0.39, 0.29) is 11.7 Å². The summed E-state index contributed by atoms with van der Waals surface area (Å²) in [5.41, 5.74) is 2.13. The summed E-state index contributed by atoms with van der Waals surface area (Å²) in [6, 6.07) is 8.64. The number of nitrogens with zero attached hydrogens (tertiary/aromatic N) is 3. The Morgan fingerprint density at radius 1 is 1.33 bits per heavy atom. The first-order valence-corrected chi connectivity index (χ1v) is 6.41. The third-order valence-electron chi connectivity index (χ3n) is 3.32. The maximum absolute atomic E-state index is 12.3. The lowest BCUT2D eigenvalue weighted by atomic mass is 10.2. The molecule has 1 aromatic carbocycles. The number of carbonyl (C=O) groups is 1. The van der Waals surface area contributed by atoms with E-state index < -0.39 is 4.92 Å². The van der Waals surface area contributed by atoms with Gasteiger partial charge in [-0.3, -0.25) is 20.0 Å². The van der Waals surface area contributed by atoms with Gasteiger partial charge in [0.15, 0.2) is 0 Å². The lowest BCUT2D eigenvalue weighted by Gasteiger charge is -2.17. The van der Waals surface area contributed by atoms with Crippen LogP contribution in [0.4, 0.5) is 21.9 Å². The number of hydrogen-bond acceptors (Lipinski definition) is 4. The highest BCUT2D eigenvalue weighted by atomic mass is 16.6. The Bertz CT molecular complexity index is 717. The molecule has 0 unspecified atom stereocenters. The lowest BCUT2D eigenvalue weighted by Crippen LogP contribution is -2.33. The van der Waals surface area contributed by atoms with Gasteiger partial charge in [0.25, 0.3) is 5.69 Å². The van der Waals surface area contributed by atoms with Crippen molar-refractivity contribution in [1.82, 2.24) is 4.98 Å². The van der Waals surface area contributed by atoms with Crippen molar-refractivity contribution in [3.05, 3.63) is 58.4 Å². The molecular formula is C14H12N4O3. The Kier molecular flexibility index (Phi) is 3.23. The summed E-state index contributed by atoms with van der Waals surface area (Å²) in [7, 11) is 0. The molecule has 1 aliphatic rings. The topological polar surface area (TPSA) is 88.4 Å². The van der Waals surface area contributed by atoms with Crippen molar-refractivity contribution in [3.8, 4) is 0 Å². The molecule has 21 heavy (non-hydrogen) atoms. The van der Waals surface area contributed by atoms with Crippen molar-refractivity contribution in [2.24, 2.45) is 0 Å². The second kappa shape index (κ2) is 5.20. The van der Waals surface area contributed by atoms with Crippen molar-refractivity contribution in [1.29, 1.82) is 0 Å². The molecule has 7 heteroatoms. The van der Waals surface area contributed by atoms with Gasteiger partial charge in [-0.2, -0.15) is 0 Å². The number of para-hydroxylation sites is 1. The standard InChI is InChI=1S/C14H12N4O3/c19-14(16-11-7-12(18(20)21)9-15-8-11)17-6-5-10-3-1-2-4-13(10)17/h1-4,7-9H,5-6H2,(H,16,19). The molecule has 0 atom stereocenters. The summed E-state index contributed by atoms with van der Waals surface area (Å²) in [4.78, 5) is 27.8. The smallest absolute Gasteiger partial charge is 0.306 e. The van der Waals surface area contributed by atoms with E-state index in [2.05, 4.69) is 10.3 Å². The van der Waals surface area contributed by atoms with Crippen molar-refractivity contribution in [3.63, 3.8) is 0 Å². The number of benzene rings is 1. The Morgan fingerprint density at radius 2 is 2.14 bits per heavy atom. The van der Waals surface area contributed by atoms with Crippen LogP contribution in [0, 0.1) is 10.1 Å². The number of urea groups is 1.